The summed E-state index contributed by atoms with van der Waals surface area (Å²) in [4.78, 5) is 12.0. The molecule has 0 aromatic carbocycles. The Labute approximate surface area is 102 Å². The molecule has 17 heavy (non-hydrogen) atoms. The molecule has 0 aliphatic rings. The van der Waals surface area contributed by atoms with E-state index in [0.29, 0.717) is 18.0 Å². The van der Waals surface area contributed by atoms with Crippen molar-refractivity contribution in [3.8, 4) is 0 Å². The van der Waals surface area contributed by atoms with Gasteiger partial charge in [0.2, 0.25) is 0 Å². The second kappa shape index (κ2) is 6.30. The van der Waals surface area contributed by atoms with Gasteiger partial charge in [-0.05, 0) is 26.3 Å². The number of nitrogen functional groups attached to an aromatic ring is 1. The molecule has 0 saturated heterocycles. The lowest BCUT2D eigenvalue weighted by Crippen LogP contribution is -2.34. The molecular weight excluding hydrogens is 218 g/mol. The fraction of sp³-hybridized carbons (Fsp3) is 0.583. The van der Waals surface area contributed by atoms with Crippen LogP contribution in [0.5, 0.6) is 0 Å². The van der Waals surface area contributed by atoms with Crippen LogP contribution in [0.25, 0.3) is 0 Å². The third-order valence-electron chi connectivity index (χ3n) is 2.62. The summed E-state index contributed by atoms with van der Waals surface area (Å²) in [6.45, 7) is 5.30. The van der Waals surface area contributed by atoms with Crippen molar-refractivity contribution in [1.82, 2.24) is 9.88 Å². The molecule has 1 amide bonds. The Bertz CT molecular complexity index is 374. The van der Waals surface area contributed by atoms with E-state index in [0.717, 1.165) is 13.0 Å². The predicted molar refractivity (Wildman–Crippen MR) is 67.9 cm³/mol. The third-order valence-corrected chi connectivity index (χ3v) is 2.62. The summed E-state index contributed by atoms with van der Waals surface area (Å²) in [6, 6.07) is 1.78. The van der Waals surface area contributed by atoms with Gasteiger partial charge in [-0.3, -0.25) is 4.79 Å². The molecule has 96 valence electrons. The number of hydrogen-bond donors (Lipinski definition) is 2. The first-order chi connectivity index (χ1) is 8.08. The molecule has 3 N–H and O–H groups in total. The van der Waals surface area contributed by atoms with E-state index >= 15 is 0 Å². The van der Waals surface area contributed by atoms with Crippen molar-refractivity contribution >= 4 is 11.6 Å². The number of aromatic nitrogens is 1. The highest BCUT2D eigenvalue weighted by atomic mass is 16.5. The Balaban J connectivity index is 2.62. The van der Waals surface area contributed by atoms with Crippen molar-refractivity contribution < 1.29 is 9.53 Å². The zero-order valence-corrected chi connectivity index (χ0v) is 10.7. The molecule has 1 atom stereocenters. The lowest BCUT2D eigenvalue weighted by molar-refractivity contribution is 0.0920. The third kappa shape index (κ3) is 3.78. The molecule has 0 aliphatic carbocycles. The maximum Gasteiger partial charge on any atom is 0.268 e. The van der Waals surface area contributed by atoms with Gasteiger partial charge in [0.25, 0.3) is 5.91 Å². The summed E-state index contributed by atoms with van der Waals surface area (Å²) < 4.78 is 6.81. The lowest BCUT2D eigenvalue weighted by atomic mass is 10.2. The summed E-state index contributed by atoms with van der Waals surface area (Å²) in [5.74, 6) is -0.0906. The van der Waals surface area contributed by atoms with Crippen LogP contribution < -0.4 is 11.1 Å². The molecule has 0 saturated carbocycles. The van der Waals surface area contributed by atoms with Crippen LogP contribution in [0.15, 0.2) is 12.3 Å². The van der Waals surface area contributed by atoms with Gasteiger partial charge in [0.15, 0.2) is 0 Å². The van der Waals surface area contributed by atoms with Gasteiger partial charge < -0.3 is 20.4 Å². The van der Waals surface area contributed by atoms with Crippen LogP contribution >= 0.6 is 0 Å². The summed E-state index contributed by atoms with van der Waals surface area (Å²) in [6.07, 6.45) is 2.57. The van der Waals surface area contributed by atoms with Crippen LogP contribution in [0, 0.1) is 0 Å². The number of amides is 1. The van der Waals surface area contributed by atoms with Gasteiger partial charge in [-0.25, -0.2) is 0 Å². The fourth-order valence-corrected chi connectivity index (χ4v) is 1.65. The predicted octanol–water partition coefficient (Wildman–Crippen LogP) is 1.24. The van der Waals surface area contributed by atoms with Crippen LogP contribution in [0.1, 0.15) is 30.8 Å². The largest absolute Gasteiger partial charge is 0.397 e. The smallest absolute Gasteiger partial charge is 0.268 e. The van der Waals surface area contributed by atoms with Crippen LogP contribution in [0.3, 0.4) is 0 Å². The average Bonchev–Trinajstić information content (AvgIpc) is 2.67. The molecule has 1 aromatic heterocycles. The number of ether oxygens (including phenoxy) is 1. The molecule has 0 radical (unpaired) electrons. The van der Waals surface area contributed by atoms with E-state index in [1.54, 1.807) is 19.4 Å². The molecule has 5 nitrogen and oxygen atoms in total. The maximum absolute atomic E-state index is 12.0. The van der Waals surface area contributed by atoms with Crippen LogP contribution in [-0.2, 0) is 11.3 Å². The molecule has 0 spiro atoms. The molecule has 1 unspecified atom stereocenters. The minimum atomic E-state index is -0.0906. The zero-order chi connectivity index (χ0) is 12.8. The Morgan fingerprint density at radius 1 is 1.65 bits per heavy atom. The van der Waals surface area contributed by atoms with E-state index in [1.807, 2.05) is 18.4 Å². The van der Waals surface area contributed by atoms with Crippen LogP contribution in [-0.4, -0.2) is 30.2 Å². The molecule has 1 heterocycles. The van der Waals surface area contributed by atoms with E-state index in [9.17, 15) is 4.79 Å². The minimum Gasteiger partial charge on any atom is -0.397 e. The Kier molecular flexibility index (Phi) is 5.03. The van der Waals surface area contributed by atoms with Crippen LogP contribution in [0.4, 0.5) is 5.69 Å². The van der Waals surface area contributed by atoms with Crippen molar-refractivity contribution in [2.24, 2.45) is 0 Å². The van der Waals surface area contributed by atoms with Crippen molar-refractivity contribution in [2.45, 2.75) is 32.9 Å². The summed E-state index contributed by atoms with van der Waals surface area (Å²) >= 11 is 0. The standard InChI is InChI=1S/C12H21N3O2/c1-4-15-8-10(13)7-11(15)12(16)14-9(2)5-6-17-3/h7-9H,4-6,13H2,1-3H3,(H,14,16). The molecule has 5 heteroatoms. The van der Waals surface area contributed by atoms with Crippen molar-refractivity contribution in [3.05, 3.63) is 18.0 Å². The molecule has 0 bridgehead atoms. The molecule has 1 aromatic rings. The number of carbonyl (C=O) groups is 1. The van der Waals surface area contributed by atoms with Gasteiger partial charge >= 0.3 is 0 Å². The second-order valence-electron chi connectivity index (χ2n) is 4.10. The number of carbonyl (C=O) groups excluding carboxylic acids is 1. The maximum atomic E-state index is 12.0. The summed E-state index contributed by atoms with van der Waals surface area (Å²) in [5.41, 5.74) is 6.90. The van der Waals surface area contributed by atoms with Crippen LogP contribution in [0.2, 0.25) is 0 Å². The van der Waals surface area contributed by atoms with E-state index in [2.05, 4.69) is 5.32 Å². The monoisotopic (exact) mass is 239 g/mol. The molecule has 1 rings (SSSR count). The van der Waals surface area contributed by atoms with Crippen molar-refractivity contribution in [1.29, 1.82) is 0 Å². The highest BCUT2D eigenvalue weighted by Crippen LogP contribution is 2.10. The molecular formula is C12H21N3O2. The second-order valence-corrected chi connectivity index (χ2v) is 4.10. The number of aryl methyl sites for hydroxylation is 1. The van der Waals surface area contributed by atoms with E-state index < -0.39 is 0 Å². The summed E-state index contributed by atoms with van der Waals surface area (Å²) in [5, 5.41) is 2.92. The van der Waals surface area contributed by atoms with E-state index in [1.165, 1.54) is 0 Å². The summed E-state index contributed by atoms with van der Waals surface area (Å²) in [7, 11) is 1.65. The SMILES string of the molecule is CCn1cc(N)cc1C(=O)NC(C)CCOC. The minimum absolute atomic E-state index is 0.0869. The van der Waals surface area contributed by atoms with Gasteiger partial charge in [-0.15, -0.1) is 0 Å². The normalized spacial score (nSPS) is 12.4. The first-order valence-electron chi connectivity index (χ1n) is 5.84. The molecule has 0 aliphatic heterocycles. The lowest BCUT2D eigenvalue weighted by Gasteiger charge is -2.14. The number of methoxy groups -OCH3 is 1. The highest BCUT2D eigenvalue weighted by Gasteiger charge is 2.14. The van der Waals surface area contributed by atoms with Gasteiger partial charge in [-0.2, -0.15) is 0 Å². The highest BCUT2D eigenvalue weighted by molar-refractivity contribution is 5.94. The number of nitrogens with zero attached hydrogens (tertiary/aromatic N) is 1. The number of nitrogens with two attached hydrogens (primary N) is 1. The topological polar surface area (TPSA) is 69.3 Å². The fourth-order valence-electron chi connectivity index (χ4n) is 1.65. The van der Waals surface area contributed by atoms with Crippen molar-refractivity contribution in [3.63, 3.8) is 0 Å². The Morgan fingerprint density at radius 2 is 2.35 bits per heavy atom. The van der Waals surface area contributed by atoms with Gasteiger partial charge in [0, 0.05) is 32.5 Å². The van der Waals surface area contributed by atoms with Gasteiger partial charge in [0.1, 0.15) is 5.69 Å². The molecule has 0 fully saturated rings. The van der Waals surface area contributed by atoms with E-state index in [-0.39, 0.29) is 11.9 Å². The number of anilines is 1. The van der Waals surface area contributed by atoms with Gasteiger partial charge in [-0.1, -0.05) is 0 Å². The number of rotatable bonds is 6. The first-order valence-corrected chi connectivity index (χ1v) is 5.84. The average molecular weight is 239 g/mol. The van der Waals surface area contributed by atoms with Crippen molar-refractivity contribution in [2.75, 3.05) is 19.5 Å². The number of nitrogens with one attached hydrogen (secondary N) is 1. The Morgan fingerprint density at radius 3 is 2.94 bits per heavy atom. The first kappa shape index (κ1) is 13.6. The zero-order valence-electron chi connectivity index (χ0n) is 10.7. The van der Waals surface area contributed by atoms with Gasteiger partial charge in [0.05, 0.1) is 5.69 Å². The Hall–Kier alpha value is -1.49. The number of hydrogen-bond acceptors (Lipinski definition) is 3. The quantitative estimate of drug-likeness (QED) is 0.785. The van der Waals surface area contributed by atoms with E-state index in [4.69, 9.17) is 10.5 Å².